The average Bonchev–Trinajstić information content (AvgIpc) is 3.53. The highest BCUT2D eigenvalue weighted by Gasteiger charge is 2.32. The Morgan fingerprint density at radius 2 is 1.60 bits per heavy atom. The number of hydroxylamine groups is 1. The molecule has 1 fully saturated rings. The quantitative estimate of drug-likeness (QED) is 0.102. The molecular formula is C37H38N4O6. The second kappa shape index (κ2) is 15.1. The van der Waals surface area contributed by atoms with Crippen LogP contribution in [0.4, 0.5) is 0 Å². The summed E-state index contributed by atoms with van der Waals surface area (Å²) >= 11 is 0. The summed E-state index contributed by atoms with van der Waals surface area (Å²) in [6.07, 6.45) is 2.27. The number of benzene rings is 4. The van der Waals surface area contributed by atoms with E-state index in [1.807, 2.05) is 97.3 Å². The van der Waals surface area contributed by atoms with Gasteiger partial charge in [0.25, 0.3) is 0 Å². The number of nitrogens with zero attached hydrogens (tertiary/aromatic N) is 2. The molecule has 0 spiro atoms. The van der Waals surface area contributed by atoms with Crippen LogP contribution in [-0.2, 0) is 38.8 Å². The molecule has 47 heavy (non-hydrogen) atoms. The number of carbonyl (C=O) groups excluding carboxylic acids is 2. The number of hydrogen-bond donors (Lipinski definition) is 4. The summed E-state index contributed by atoms with van der Waals surface area (Å²) in [4.78, 5) is 27.9. The van der Waals surface area contributed by atoms with Crippen LogP contribution in [-0.4, -0.2) is 37.8 Å². The molecule has 0 aliphatic carbocycles. The van der Waals surface area contributed by atoms with Crippen molar-refractivity contribution in [3.8, 4) is 11.1 Å². The zero-order valence-corrected chi connectivity index (χ0v) is 25.9. The molecule has 4 aromatic carbocycles. The van der Waals surface area contributed by atoms with E-state index in [2.05, 4.69) is 20.9 Å². The van der Waals surface area contributed by atoms with E-state index in [0.29, 0.717) is 25.9 Å². The van der Waals surface area contributed by atoms with Crippen LogP contribution in [0, 0.1) is 0 Å². The molecule has 1 aliphatic rings. The Kier molecular flexibility index (Phi) is 10.3. The monoisotopic (exact) mass is 634 g/mol. The predicted octanol–water partition coefficient (Wildman–Crippen LogP) is 5.73. The van der Waals surface area contributed by atoms with E-state index in [-0.39, 0.29) is 37.6 Å². The molecule has 10 nitrogen and oxygen atoms in total. The summed E-state index contributed by atoms with van der Waals surface area (Å²) in [7, 11) is 0. The van der Waals surface area contributed by atoms with Crippen LogP contribution in [0.15, 0.2) is 103 Å². The molecule has 1 aliphatic heterocycles. The van der Waals surface area contributed by atoms with Crippen LogP contribution in [0.5, 0.6) is 0 Å². The maximum absolute atomic E-state index is 12.2. The van der Waals surface area contributed by atoms with Crippen LogP contribution in [0.25, 0.3) is 22.2 Å². The maximum atomic E-state index is 12.2. The van der Waals surface area contributed by atoms with Crippen LogP contribution in [0.2, 0.25) is 0 Å². The Hall–Kier alpha value is -4.87. The molecule has 0 radical (unpaired) electrons. The van der Waals surface area contributed by atoms with Crippen molar-refractivity contribution in [1.82, 2.24) is 20.3 Å². The summed E-state index contributed by atoms with van der Waals surface area (Å²) in [5.74, 6) is -0.658. The molecule has 10 heteroatoms. The van der Waals surface area contributed by atoms with Gasteiger partial charge in [0, 0.05) is 31.4 Å². The van der Waals surface area contributed by atoms with Gasteiger partial charge in [-0.25, -0.2) is 10.5 Å². The minimum absolute atomic E-state index is 0.00878. The van der Waals surface area contributed by atoms with Gasteiger partial charge in [0.2, 0.25) is 11.8 Å². The number of carbonyl (C=O) groups is 2. The third kappa shape index (κ3) is 8.11. The first-order valence-electron chi connectivity index (χ1n) is 15.8. The number of hydrogen-bond acceptors (Lipinski definition) is 7. The Morgan fingerprint density at radius 3 is 2.38 bits per heavy atom. The molecule has 242 valence electrons. The van der Waals surface area contributed by atoms with Crippen molar-refractivity contribution in [3.63, 3.8) is 0 Å². The lowest BCUT2D eigenvalue weighted by Crippen LogP contribution is -2.32. The van der Waals surface area contributed by atoms with Gasteiger partial charge in [0.1, 0.15) is 0 Å². The molecule has 3 atom stereocenters. The molecular weight excluding hydrogens is 596 g/mol. The third-order valence-electron chi connectivity index (χ3n) is 8.41. The van der Waals surface area contributed by atoms with E-state index >= 15 is 0 Å². The lowest BCUT2D eigenvalue weighted by Gasteiger charge is -2.36. The van der Waals surface area contributed by atoms with Gasteiger partial charge in [-0.15, -0.1) is 0 Å². The minimum Gasteiger partial charge on any atom is -0.392 e. The molecule has 5 aromatic rings. The number of aliphatic hydroxyl groups is 1. The van der Waals surface area contributed by atoms with Gasteiger partial charge in [0.05, 0.1) is 42.7 Å². The van der Waals surface area contributed by atoms with Gasteiger partial charge in [-0.05, 0) is 52.4 Å². The second-order valence-corrected chi connectivity index (χ2v) is 11.7. The normalized spacial score (nSPS) is 17.8. The zero-order chi connectivity index (χ0) is 32.6. The van der Waals surface area contributed by atoms with E-state index in [1.54, 1.807) is 5.48 Å². The smallest absolute Gasteiger partial charge is 0.243 e. The van der Waals surface area contributed by atoms with Crippen molar-refractivity contribution in [3.05, 3.63) is 126 Å². The number of ether oxygens (including phenoxy) is 2. The third-order valence-corrected chi connectivity index (χ3v) is 8.41. The first-order chi connectivity index (χ1) is 23.0. The fourth-order valence-electron chi connectivity index (χ4n) is 5.86. The van der Waals surface area contributed by atoms with Gasteiger partial charge in [-0.2, -0.15) is 0 Å². The Morgan fingerprint density at radius 1 is 0.830 bits per heavy atom. The van der Waals surface area contributed by atoms with Crippen molar-refractivity contribution in [2.75, 3.05) is 0 Å². The molecule has 2 heterocycles. The average molecular weight is 635 g/mol. The largest absolute Gasteiger partial charge is 0.392 e. The number of para-hydroxylation sites is 2. The summed E-state index contributed by atoms with van der Waals surface area (Å²) in [6.45, 7) is 0.991. The number of imidazole rings is 1. The van der Waals surface area contributed by atoms with Crippen LogP contribution < -0.4 is 10.8 Å². The van der Waals surface area contributed by atoms with Crippen LogP contribution in [0.3, 0.4) is 0 Å². The first kappa shape index (κ1) is 32.1. The van der Waals surface area contributed by atoms with Gasteiger partial charge in [-0.3, -0.25) is 14.8 Å². The van der Waals surface area contributed by atoms with Crippen molar-refractivity contribution in [1.29, 1.82) is 0 Å². The molecule has 0 bridgehead atoms. The highest BCUT2D eigenvalue weighted by Crippen LogP contribution is 2.39. The number of aromatic nitrogens is 2. The van der Waals surface area contributed by atoms with E-state index in [0.717, 1.165) is 44.4 Å². The molecule has 2 amide bonds. The van der Waals surface area contributed by atoms with E-state index in [9.17, 15) is 14.7 Å². The standard InChI is InChI=1S/C37H38N4O6/c42-23-25-11-13-28(14-12-25)34-20-31(22-41-24-39-32-7-1-2-8-33(32)41)46-37(47-34)29-17-15-27(16-18-29)30-6-3-5-26(19-30)21-38-35(43)9-4-10-36(44)40-45/h1-3,5-8,11-19,24,31,34,37,42,45H,4,9-10,20-23H2,(H,38,43)(H,40,44)/t31-,34+,37+/m0/s1. The molecule has 1 saturated heterocycles. The molecule has 0 saturated carbocycles. The maximum Gasteiger partial charge on any atom is 0.243 e. The molecule has 0 unspecified atom stereocenters. The van der Waals surface area contributed by atoms with Crippen LogP contribution in [0.1, 0.15) is 60.3 Å². The Bertz CT molecular complexity index is 1800. The summed E-state index contributed by atoms with van der Waals surface area (Å²) in [5, 5.41) is 21.0. The van der Waals surface area contributed by atoms with Crippen molar-refractivity contribution in [2.24, 2.45) is 0 Å². The number of nitrogens with one attached hydrogen (secondary N) is 2. The van der Waals surface area contributed by atoms with E-state index < -0.39 is 12.2 Å². The summed E-state index contributed by atoms with van der Waals surface area (Å²) in [5.41, 5.74) is 9.35. The first-order valence-corrected chi connectivity index (χ1v) is 15.8. The highest BCUT2D eigenvalue weighted by atomic mass is 16.7. The fraction of sp³-hybridized carbons (Fsp3) is 0.270. The molecule has 6 rings (SSSR count). The predicted molar refractivity (Wildman–Crippen MR) is 176 cm³/mol. The minimum atomic E-state index is -0.579. The Balaban J connectivity index is 1.15. The highest BCUT2D eigenvalue weighted by molar-refractivity contribution is 5.78. The fourth-order valence-corrected chi connectivity index (χ4v) is 5.86. The number of aliphatic hydroxyl groups excluding tert-OH is 1. The summed E-state index contributed by atoms with van der Waals surface area (Å²) in [6, 6.07) is 32.1. The van der Waals surface area contributed by atoms with Gasteiger partial charge in [0.15, 0.2) is 6.29 Å². The lowest BCUT2D eigenvalue weighted by molar-refractivity contribution is -0.252. The van der Waals surface area contributed by atoms with Crippen molar-refractivity contribution in [2.45, 2.75) is 63.9 Å². The Labute approximate surface area is 272 Å². The van der Waals surface area contributed by atoms with Crippen molar-refractivity contribution >= 4 is 22.8 Å². The van der Waals surface area contributed by atoms with E-state index in [4.69, 9.17) is 14.7 Å². The van der Waals surface area contributed by atoms with Gasteiger partial charge < -0.3 is 24.5 Å². The van der Waals surface area contributed by atoms with Gasteiger partial charge in [-0.1, -0.05) is 78.9 Å². The number of amides is 2. The van der Waals surface area contributed by atoms with Gasteiger partial charge >= 0.3 is 0 Å². The van der Waals surface area contributed by atoms with E-state index in [1.165, 1.54) is 0 Å². The summed E-state index contributed by atoms with van der Waals surface area (Å²) < 4.78 is 15.3. The number of fused-ring (bicyclic) bond motifs is 1. The molecule has 4 N–H and O–H groups in total. The van der Waals surface area contributed by atoms with Crippen LogP contribution >= 0.6 is 0 Å². The lowest BCUT2D eigenvalue weighted by atomic mass is 9.99. The molecule has 1 aromatic heterocycles. The number of rotatable bonds is 12. The zero-order valence-electron chi connectivity index (χ0n) is 25.9. The van der Waals surface area contributed by atoms with Crippen molar-refractivity contribution < 1.29 is 29.4 Å². The topological polar surface area (TPSA) is 135 Å². The second-order valence-electron chi connectivity index (χ2n) is 11.7. The SMILES string of the molecule is O=C(CCCC(=O)NCc1cccc(-c2ccc([C@@H]3O[C@H](Cn4cnc5ccccc54)C[C@H](c4ccc(CO)cc4)O3)cc2)c1)NO.